The Bertz CT molecular complexity index is 582. The van der Waals surface area contributed by atoms with Crippen LogP contribution in [0.15, 0.2) is 18.2 Å². The van der Waals surface area contributed by atoms with Gasteiger partial charge in [-0.25, -0.2) is 8.78 Å². The highest BCUT2D eigenvalue weighted by atomic mass is 19.2. The average molecular weight is 308 g/mol. The minimum atomic E-state index is -0.843. The van der Waals surface area contributed by atoms with E-state index in [1.807, 2.05) is 4.90 Å². The van der Waals surface area contributed by atoms with Crippen molar-refractivity contribution in [3.8, 4) is 0 Å². The van der Waals surface area contributed by atoms with Gasteiger partial charge in [-0.1, -0.05) is 13.0 Å². The summed E-state index contributed by atoms with van der Waals surface area (Å²) in [5.74, 6) is -1.58. The molecule has 1 heterocycles. The standard InChI is InChI=1S/C17H22F2N2O/c1-17(10-20)4-6-21(7-5-17)16(22)13-9-12(13)11-2-3-14(18)15(19)8-11/h2-3,8,12-13H,4-7,9-10,20H2,1H3. The van der Waals surface area contributed by atoms with Gasteiger partial charge < -0.3 is 10.6 Å². The van der Waals surface area contributed by atoms with Crippen LogP contribution in [0.2, 0.25) is 0 Å². The minimum Gasteiger partial charge on any atom is -0.342 e. The van der Waals surface area contributed by atoms with Crippen molar-refractivity contribution in [1.29, 1.82) is 0 Å². The Hall–Kier alpha value is -1.49. The quantitative estimate of drug-likeness (QED) is 0.933. The molecule has 0 spiro atoms. The van der Waals surface area contributed by atoms with E-state index in [4.69, 9.17) is 5.73 Å². The third-order valence-corrected chi connectivity index (χ3v) is 5.25. The second-order valence-corrected chi connectivity index (χ2v) is 6.96. The Labute approximate surface area is 129 Å². The third-order valence-electron chi connectivity index (χ3n) is 5.25. The second kappa shape index (κ2) is 5.61. The van der Waals surface area contributed by atoms with E-state index in [2.05, 4.69) is 6.92 Å². The number of halogens is 2. The van der Waals surface area contributed by atoms with Crippen molar-refractivity contribution >= 4 is 5.91 Å². The van der Waals surface area contributed by atoms with Crippen LogP contribution in [0.5, 0.6) is 0 Å². The lowest BCUT2D eigenvalue weighted by Crippen LogP contribution is -2.45. The number of hydrogen-bond donors (Lipinski definition) is 1. The first-order chi connectivity index (χ1) is 10.4. The van der Waals surface area contributed by atoms with E-state index >= 15 is 0 Å². The molecule has 1 amide bonds. The molecular weight excluding hydrogens is 286 g/mol. The van der Waals surface area contributed by atoms with E-state index in [1.165, 1.54) is 6.07 Å². The molecule has 22 heavy (non-hydrogen) atoms. The molecular formula is C17H22F2N2O. The van der Waals surface area contributed by atoms with Crippen LogP contribution in [0.25, 0.3) is 0 Å². The minimum absolute atomic E-state index is 0.0328. The molecule has 120 valence electrons. The molecule has 2 atom stereocenters. The van der Waals surface area contributed by atoms with Crippen molar-refractivity contribution in [1.82, 2.24) is 4.90 Å². The lowest BCUT2D eigenvalue weighted by Gasteiger charge is -2.38. The molecule has 3 rings (SSSR count). The summed E-state index contributed by atoms with van der Waals surface area (Å²) in [4.78, 5) is 14.4. The van der Waals surface area contributed by atoms with Crippen molar-refractivity contribution in [2.24, 2.45) is 17.1 Å². The van der Waals surface area contributed by atoms with Gasteiger partial charge in [0.2, 0.25) is 5.91 Å². The van der Waals surface area contributed by atoms with E-state index in [1.54, 1.807) is 6.07 Å². The van der Waals surface area contributed by atoms with E-state index in [0.717, 1.165) is 44.0 Å². The molecule has 0 aromatic heterocycles. The van der Waals surface area contributed by atoms with Gasteiger partial charge in [-0.05, 0) is 54.8 Å². The Balaban J connectivity index is 1.60. The van der Waals surface area contributed by atoms with Gasteiger partial charge in [0.1, 0.15) is 0 Å². The zero-order valence-corrected chi connectivity index (χ0v) is 12.8. The van der Waals surface area contributed by atoms with E-state index in [-0.39, 0.29) is 23.2 Å². The number of nitrogens with zero attached hydrogens (tertiary/aromatic N) is 1. The zero-order chi connectivity index (χ0) is 15.9. The molecule has 1 saturated carbocycles. The van der Waals surface area contributed by atoms with Crippen LogP contribution < -0.4 is 5.73 Å². The molecule has 1 saturated heterocycles. The molecule has 2 unspecified atom stereocenters. The summed E-state index contributed by atoms with van der Waals surface area (Å²) in [6.45, 7) is 4.30. The van der Waals surface area contributed by atoms with Crippen molar-refractivity contribution in [3.05, 3.63) is 35.4 Å². The SMILES string of the molecule is CC1(CN)CCN(C(=O)C2CC2c2ccc(F)c(F)c2)CC1. The summed E-state index contributed by atoms with van der Waals surface area (Å²) in [7, 11) is 0. The molecule has 0 bridgehead atoms. The Morgan fingerprint density at radius 3 is 2.59 bits per heavy atom. The maximum atomic E-state index is 13.3. The lowest BCUT2D eigenvalue weighted by atomic mass is 9.80. The molecule has 1 aromatic carbocycles. The number of piperidine rings is 1. The first-order valence-corrected chi connectivity index (χ1v) is 7.87. The molecule has 5 heteroatoms. The second-order valence-electron chi connectivity index (χ2n) is 6.96. The summed E-state index contributed by atoms with van der Waals surface area (Å²) >= 11 is 0. The molecule has 1 aliphatic heterocycles. The highest BCUT2D eigenvalue weighted by Crippen LogP contribution is 2.49. The van der Waals surface area contributed by atoms with Gasteiger partial charge in [-0.3, -0.25) is 4.79 Å². The monoisotopic (exact) mass is 308 g/mol. The summed E-state index contributed by atoms with van der Waals surface area (Å²) in [6.07, 6.45) is 2.59. The van der Waals surface area contributed by atoms with Crippen LogP contribution in [-0.4, -0.2) is 30.4 Å². The largest absolute Gasteiger partial charge is 0.342 e. The maximum absolute atomic E-state index is 13.3. The number of nitrogens with two attached hydrogens (primary N) is 1. The van der Waals surface area contributed by atoms with Crippen LogP contribution in [0.1, 0.15) is 37.7 Å². The number of benzene rings is 1. The van der Waals surface area contributed by atoms with E-state index in [9.17, 15) is 13.6 Å². The van der Waals surface area contributed by atoms with E-state index < -0.39 is 11.6 Å². The van der Waals surface area contributed by atoms with Gasteiger partial charge in [0.15, 0.2) is 11.6 Å². The fourth-order valence-corrected chi connectivity index (χ4v) is 3.28. The lowest BCUT2D eigenvalue weighted by molar-refractivity contribution is -0.134. The van der Waals surface area contributed by atoms with E-state index in [0.29, 0.717) is 6.54 Å². The van der Waals surface area contributed by atoms with Crippen LogP contribution in [0.4, 0.5) is 8.78 Å². The number of hydrogen-bond acceptors (Lipinski definition) is 2. The summed E-state index contributed by atoms with van der Waals surface area (Å²) in [5.41, 5.74) is 6.65. The Morgan fingerprint density at radius 2 is 2.00 bits per heavy atom. The van der Waals surface area contributed by atoms with Crippen LogP contribution in [-0.2, 0) is 4.79 Å². The zero-order valence-electron chi connectivity index (χ0n) is 12.8. The van der Waals surface area contributed by atoms with Gasteiger partial charge in [-0.2, -0.15) is 0 Å². The normalized spacial score (nSPS) is 26.8. The van der Waals surface area contributed by atoms with Crippen LogP contribution in [0, 0.1) is 23.0 Å². The van der Waals surface area contributed by atoms with Crippen molar-refractivity contribution < 1.29 is 13.6 Å². The van der Waals surface area contributed by atoms with Gasteiger partial charge in [0.25, 0.3) is 0 Å². The fourth-order valence-electron chi connectivity index (χ4n) is 3.28. The molecule has 3 nitrogen and oxygen atoms in total. The predicted octanol–water partition coefficient (Wildman–Crippen LogP) is 2.66. The molecule has 1 aliphatic carbocycles. The number of rotatable bonds is 3. The van der Waals surface area contributed by atoms with Gasteiger partial charge >= 0.3 is 0 Å². The van der Waals surface area contributed by atoms with Gasteiger partial charge in [-0.15, -0.1) is 0 Å². The summed E-state index contributed by atoms with van der Waals surface area (Å²) in [6, 6.07) is 3.94. The third kappa shape index (κ3) is 2.86. The van der Waals surface area contributed by atoms with Crippen LogP contribution in [0.3, 0.4) is 0 Å². The van der Waals surface area contributed by atoms with Crippen molar-refractivity contribution in [3.63, 3.8) is 0 Å². The Morgan fingerprint density at radius 1 is 1.32 bits per heavy atom. The van der Waals surface area contributed by atoms with Crippen LogP contribution >= 0.6 is 0 Å². The smallest absolute Gasteiger partial charge is 0.226 e. The predicted molar refractivity (Wildman–Crippen MR) is 80.2 cm³/mol. The topological polar surface area (TPSA) is 46.3 Å². The molecule has 2 aliphatic rings. The molecule has 1 aromatic rings. The number of amides is 1. The number of carbonyl (C=O) groups is 1. The maximum Gasteiger partial charge on any atom is 0.226 e. The van der Waals surface area contributed by atoms with Crippen molar-refractivity contribution in [2.45, 2.75) is 32.1 Å². The fraction of sp³-hybridized carbons (Fsp3) is 0.588. The number of likely N-dealkylation sites (tertiary alicyclic amines) is 1. The first-order valence-electron chi connectivity index (χ1n) is 7.87. The molecule has 2 N–H and O–H groups in total. The molecule has 2 fully saturated rings. The van der Waals surface area contributed by atoms with Crippen molar-refractivity contribution in [2.75, 3.05) is 19.6 Å². The van der Waals surface area contributed by atoms with Gasteiger partial charge in [0.05, 0.1) is 0 Å². The summed E-state index contributed by atoms with van der Waals surface area (Å²) < 4.78 is 26.3. The van der Waals surface area contributed by atoms with Gasteiger partial charge in [0, 0.05) is 19.0 Å². The Kier molecular flexibility index (Phi) is 3.93. The highest BCUT2D eigenvalue weighted by Gasteiger charge is 2.46. The number of carbonyl (C=O) groups excluding carboxylic acids is 1. The average Bonchev–Trinajstić information content (AvgIpc) is 3.31. The summed E-state index contributed by atoms with van der Waals surface area (Å²) in [5, 5.41) is 0. The first kappa shape index (κ1) is 15.4. The highest BCUT2D eigenvalue weighted by molar-refractivity contribution is 5.83. The molecule has 0 radical (unpaired) electrons.